The molecule has 7 nitrogen and oxygen atoms in total. The topological polar surface area (TPSA) is 74.3 Å². The molecule has 3 rings (SSSR count). The Bertz CT molecular complexity index is 1020. The summed E-state index contributed by atoms with van der Waals surface area (Å²) in [6.07, 6.45) is 4.98. The Balaban J connectivity index is 1.78. The zero-order chi connectivity index (χ0) is 19.2. The number of hydrogen-bond acceptors (Lipinski definition) is 5. The van der Waals surface area contributed by atoms with Crippen molar-refractivity contribution in [2.75, 3.05) is 0 Å². The van der Waals surface area contributed by atoms with Crippen molar-refractivity contribution in [3.8, 4) is 5.69 Å². The van der Waals surface area contributed by atoms with E-state index < -0.39 is 0 Å². The van der Waals surface area contributed by atoms with Gasteiger partial charge in [-0.1, -0.05) is 53.7 Å². The van der Waals surface area contributed by atoms with Crippen LogP contribution in [0.4, 0.5) is 0 Å². The van der Waals surface area contributed by atoms with Gasteiger partial charge in [-0.3, -0.25) is 0 Å². The Morgan fingerprint density at radius 2 is 1.89 bits per heavy atom. The smallest absolute Gasteiger partial charge is 0.368 e. The van der Waals surface area contributed by atoms with Crippen molar-refractivity contribution < 1.29 is 4.84 Å². The van der Waals surface area contributed by atoms with Gasteiger partial charge in [0.15, 0.2) is 6.10 Å². The molecule has 138 valence electrons. The van der Waals surface area contributed by atoms with Crippen molar-refractivity contribution in [1.82, 2.24) is 19.8 Å². The van der Waals surface area contributed by atoms with Crippen LogP contribution >= 0.6 is 0 Å². The predicted octanol–water partition coefficient (Wildman–Crippen LogP) is 3.05. The average molecular weight is 363 g/mol. The third-order valence-electron chi connectivity index (χ3n) is 4.11. The molecule has 1 heterocycles. The van der Waals surface area contributed by atoms with Gasteiger partial charge in [0.05, 0.1) is 11.9 Å². The molecule has 7 heteroatoms. The fraction of sp³-hybridized carbons (Fsp3) is 0.200. The first kappa shape index (κ1) is 18.3. The molecule has 1 atom stereocenters. The molecule has 0 aliphatic heterocycles. The Morgan fingerprint density at radius 1 is 1.11 bits per heavy atom. The third-order valence-corrected chi connectivity index (χ3v) is 4.11. The van der Waals surface area contributed by atoms with Gasteiger partial charge in [-0.05, 0) is 47.5 Å². The molecule has 2 aromatic carbocycles. The van der Waals surface area contributed by atoms with Crippen LogP contribution in [0.5, 0.6) is 0 Å². The quantitative estimate of drug-likeness (QED) is 0.498. The average Bonchev–Trinajstić information content (AvgIpc) is 3.00. The maximum absolute atomic E-state index is 12.2. The number of hydrogen-bond donors (Lipinski definition) is 0. The summed E-state index contributed by atoms with van der Waals surface area (Å²) in [5.74, 6) is 0. The van der Waals surface area contributed by atoms with Crippen LogP contribution in [0.2, 0.25) is 0 Å². The van der Waals surface area contributed by atoms with E-state index >= 15 is 0 Å². The number of rotatable bonds is 6. The molecule has 1 aromatic heterocycles. The van der Waals surface area contributed by atoms with Crippen LogP contribution in [0.3, 0.4) is 0 Å². The summed E-state index contributed by atoms with van der Waals surface area (Å²) in [5, 5.41) is 11.7. The Kier molecular flexibility index (Phi) is 5.61. The second-order valence-corrected chi connectivity index (χ2v) is 6.08. The maximum Gasteiger partial charge on any atom is 0.368 e. The Hall–Kier alpha value is -3.48. The van der Waals surface area contributed by atoms with E-state index in [0.29, 0.717) is 5.69 Å². The van der Waals surface area contributed by atoms with Gasteiger partial charge in [0.2, 0.25) is 0 Å². The number of nitrogens with zero attached hydrogens (tertiary/aromatic N) is 5. The lowest BCUT2D eigenvalue weighted by atomic mass is 10.0. The van der Waals surface area contributed by atoms with E-state index in [1.54, 1.807) is 13.3 Å². The SMILES string of the molecule is Cc1cccc(-n2nnn(C)c2=O)c1C(C)ON=CC=Cc1ccccc1. The molecule has 3 aromatic rings. The molecule has 0 N–H and O–H groups in total. The highest BCUT2D eigenvalue weighted by atomic mass is 16.6. The number of aryl methyl sites for hydroxylation is 2. The molecule has 0 saturated carbocycles. The lowest BCUT2D eigenvalue weighted by molar-refractivity contribution is 0.0731. The summed E-state index contributed by atoms with van der Waals surface area (Å²) < 4.78 is 2.45. The first-order valence-corrected chi connectivity index (χ1v) is 8.57. The second-order valence-electron chi connectivity index (χ2n) is 6.08. The molecule has 0 bridgehead atoms. The molecular weight excluding hydrogens is 342 g/mol. The largest absolute Gasteiger partial charge is 0.388 e. The molecule has 0 aliphatic rings. The highest BCUT2D eigenvalue weighted by Crippen LogP contribution is 2.26. The van der Waals surface area contributed by atoms with Crippen LogP contribution in [-0.4, -0.2) is 26.0 Å². The minimum absolute atomic E-state index is 0.316. The zero-order valence-corrected chi connectivity index (χ0v) is 15.5. The molecular formula is C20H21N5O2. The number of oxime groups is 1. The lowest BCUT2D eigenvalue weighted by Gasteiger charge is -2.16. The maximum atomic E-state index is 12.2. The van der Waals surface area contributed by atoms with Crippen LogP contribution in [0.25, 0.3) is 11.8 Å². The number of tetrazole rings is 1. The Labute approximate surface area is 157 Å². The molecule has 0 aliphatic carbocycles. The predicted molar refractivity (Wildman–Crippen MR) is 105 cm³/mol. The zero-order valence-electron chi connectivity index (χ0n) is 15.5. The summed E-state index contributed by atoms with van der Waals surface area (Å²) in [5.41, 5.74) is 3.22. The van der Waals surface area contributed by atoms with Gasteiger partial charge >= 0.3 is 5.69 Å². The monoisotopic (exact) mass is 363 g/mol. The van der Waals surface area contributed by atoms with E-state index in [2.05, 4.69) is 15.6 Å². The molecule has 0 amide bonds. The van der Waals surface area contributed by atoms with Crippen molar-refractivity contribution in [3.05, 3.63) is 81.8 Å². The minimum Gasteiger partial charge on any atom is -0.388 e. The van der Waals surface area contributed by atoms with Gasteiger partial charge in [0.25, 0.3) is 0 Å². The van der Waals surface area contributed by atoms with Gasteiger partial charge in [0.1, 0.15) is 0 Å². The van der Waals surface area contributed by atoms with Gasteiger partial charge in [-0.15, -0.1) is 0 Å². The minimum atomic E-state index is -0.364. The standard InChI is InChI=1S/C20H21N5O2/c1-15-9-7-13-18(25-20(26)24(3)22-23-25)19(15)16(2)27-21-14-8-12-17-10-5-4-6-11-17/h4-14,16H,1-3H3. The molecule has 1 unspecified atom stereocenters. The summed E-state index contributed by atoms with van der Waals surface area (Å²) in [6.45, 7) is 3.84. The van der Waals surface area contributed by atoms with Crippen molar-refractivity contribution >= 4 is 12.3 Å². The van der Waals surface area contributed by atoms with Crippen molar-refractivity contribution in [1.29, 1.82) is 0 Å². The van der Waals surface area contributed by atoms with Crippen molar-refractivity contribution in [2.45, 2.75) is 20.0 Å². The van der Waals surface area contributed by atoms with Gasteiger partial charge in [-0.2, -0.15) is 9.36 Å². The number of allylic oxidation sites excluding steroid dienone is 1. The van der Waals surface area contributed by atoms with E-state index in [4.69, 9.17) is 4.84 Å². The van der Waals surface area contributed by atoms with Crippen molar-refractivity contribution in [3.63, 3.8) is 0 Å². The van der Waals surface area contributed by atoms with E-state index in [1.807, 2.05) is 74.5 Å². The third kappa shape index (κ3) is 4.20. The Morgan fingerprint density at radius 3 is 2.59 bits per heavy atom. The van der Waals surface area contributed by atoms with Crippen LogP contribution in [0.15, 0.2) is 64.6 Å². The highest BCUT2D eigenvalue weighted by molar-refractivity contribution is 5.77. The van der Waals surface area contributed by atoms with E-state index in [9.17, 15) is 4.79 Å². The van der Waals surface area contributed by atoms with Crippen LogP contribution < -0.4 is 5.69 Å². The van der Waals surface area contributed by atoms with Gasteiger partial charge in [-0.25, -0.2) is 4.79 Å². The summed E-state index contributed by atoms with van der Waals surface area (Å²) >= 11 is 0. The molecule has 0 radical (unpaired) electrons. The van der Waals surface area contributed by atoms with Gasteiger partial charge in [0, 0.05) is 12.6 Å². The molecule has 0 spiro atoms. The second kappa shape index (κ2) is 8.27. The van der Waals surface area contributed by atoms with E-state index in [-0.39, 0.29) is 11.8 Å². The fourth-order valence-electron chi connectivity index (χ4n) is 2.78. The summed E-state index contributed by atoms with van der Waals surface area (Å²) in [4.78, 5) is 17.8. The van der Waals surface area contributed by atoms with Crippen LogP contribution in [-0.2, 0) is 11.9 Å². The normalized spacial score (nSPS) is 12.7. The highest BCUT2D eigenvalue weighted by Gasteiger charge is 2.18. The first-order valence-electron chi connectivity index (χ1n) is 8.57. The number of aromatic nitrogens is 4. The van der Waals surface area contributed by atoms with E-state index in [1.165, 1.54) is 9.36 Å². The van der Waals surface area contributed by atoms with Gasteiger partial charge < -0.3 is 4.84 Å². The summed E-state index contributed by atoms with van der Waals surface area (Å²) in [6, 6.07) is 15.6. The fourth-order valence-corrected chi connectivity index (χ4v) is 2.78. The van der Waals surface area contributed by atoms with Crippen LogP contribution in [0.1, 0.15) is 29.7 Å². The lowest BCUT2D eigenvalue weighted by Crippen LogP contribution is -2.23. The molecule has 0 saturated heterocycles. The first-order chi connectivity index (χ1) is 13.1. The molecule has 0 fully saturated rings. The summed E-state index contributed by atoms with van der Waals surface area (Å²) in [7, 11) is 1.56. The van der Waals surface area contributed by atoms with Crippen LogP contribution in [0, 0.1) is 6.92 Å². The number of benzene rings is 2. The van der Waals surface area contributed by atoms with Crippen molar-refractivity contribution in [2.24, 2.45) is 12.2 Å². The molecule has 27 heavy (non-hydrogen) atoms. The van der Waals surface area contributed by atoms with E-state index in [0.717, 1.165) is 16.7 Å².